The van der Waals surface area contributed by atoms with Gasteiger partial charge < -0.3 is 15.5 Å². The molecule has 0 spiro atoms. The van der Waals surface area contributed by atoms with Crippen LogP contribution in [0.3, 0.4) is 0 Å². The van der Waals surface area contributed by atoms with Crippen LogP contribution in [-0.4, -0.2) is 43.5 Å². The molecule has 0 atom stereocenters. The van der Waals surface area contributed by atoms with Gasteiger partial charge in [0.15, 0.2) is 0 Å². The van der Waals surface area contributed by atoms with Gasteiger partial charge in [0.2, 0.25) is 0 Å². The normalized spacial score (nSPS) is 18.2. The summed E-state index contributed by atoms with van der Waals surface area (Å²) in [7, 11) is 2.06. The average Bonchev–Trinajstić information content (AvgIpc) is 2.48. The quantitative estimate of drug-likeness (QED) is 0.838. The number of rotatable bonds is 4. The Bertz CT molecular complexity index is 472. The molecular weight excluding hydrogens is 293 g/mol. The molecule has 1 saturated heterocycles. The molecule has 0 aromatic heterocycles. The highest BCUT2D eigenvalue weighted by Crippen LogP contribution is 2.32. The van der Waals surface area contributed by atoms with E-state index < -0.39 is 5.54 Å². The predicted molar refractivity (Wildman–Crippen MR) is 82.1 cm³/mol. The summed E-state index contributed by atoms with van der Waals surface area (Å²) in [6.07, 6.45) is 1.59. The molecule has 1 aromatic rings. The summed E-state index contributed by atoms with van der Waals surface area (Å²) in [5.41, 5.74) is 0.495. The number of hydrogen-bond donors (Lipinski definition) is 2. The van der Waals surface area contributed by atoms with Crippen molar-refractivity contribution in [3.63, 3.8) is 0 Å². The van der Waals surface area contributed by atoms with Gasteiger partial charge in [0, 0.05) is 25.5 Å². The lowest BCUT2D eigenvalue weighted by atomic mass is 9.81. The highest BCUT2D eigenvalue weighted by atomic mass is 35.5. The van der Waals surface area contributed by atoms with Gasteiger partial charge in [-0.1, -0.05) is 12.1 Å². The van der Waals surface area contributed by atoms with Crippen LogP contribution in [0.2, 0.25) is 0 Å². The second-order valence-electron chi connectivity index (χ2n) is 5.46. The van der Waals surface area contributed by atoms with Crippen molar-refractivity contribution in [1.29, 1.82) is 0 Å². The third-order valence-electron chi connectivity index (χ3n) is 3.97. The van der Waals surface area contributed by atoms with Gasteiger partial charge in [-0.3, -0.25) is 0 Å². The minimum Gasteiger partial charge on any atom is -0.337 e. The number of benzene rings is 1. The SMILES string of the molecule is CN1CCC(NC(=O)NCCCl)(c2ccc(F)cc2)CC1. The van der Waals surface area contributed by atoms with Crippen molar-refractivity contribution >= 4 is 17.6 Å². The molecule has 2 N–H and O–H groups in total. The van der Waals surface area contributed by atoms with Crippen molar-refractivity contribution in [3.8, 4) is 0 Å². The predicted octanol–water partition coefficient (Wildman–Crippen LogP) is 2.28. The number of urea groups is 1. The van der Waals surface area contributed by atoms with Gasteiger partial charge >= 0.3 is 6.03 Å². The molecule has 116 valence electrons. The fourth-order valence-corrected chi connectivity index (χ4v) is 2.77. The molecule has 2 rings (SSSR count). The molecule has 6 heteroatoms. The van der Waals surface area contributed by atoms with Crippen molar-refractivity contribution in [2.45, 2.75) is 18.4 Å². The maximum atomic E-state index is 13.1. The summed E-state index contributed by atoms with van der Waals surface area (Å²) in [6, 6.07) is 6.15. The van der Waals surface area contributed by atoms with E-state index in [-0.39, 0.29) is 11.8 Å². The van der Waals surface area contributed by atoms with Gasteiger partial charge in [-0.2, -0.15) is 0 Å². The number of likely N-dealkylation sites (tertiary alicyclic amines) is 1. The summed E-state index contributed by atoms with van der Waals surface area (Å²) >= 11 is 5.59. The van der Waals surface area contributed by atoms with Crippen molar-refractivity contribution in [1.82, 2.24) is 15.5 Å². The Kier molecular flexibility index (Phi) is 5.42. The van der Waals surface area contributed by atoms with E-state index in [0.717, 1.165) is 31.5 Å². The number of carbonyl (C=O) groups is 1. The lowest BCUT2D eigenvalue weighted by Crippen LogP contribution is -2.55. The topological polar surface area (TPSA) is 44.4 Å². The number of piperidine rings is 1. The fraction of sp³-hybridized carbons (Fsp3) is 0.533. The average molecular weight is 314 g/mol. The minimum atomic E-state index is -0.448. The number of alkyl halides is 1. The lowest BCUT2D eigenvalue weighted by Gasteiger charge is -2.41. The molecule has 1 aliphatic rings. The highest BCUT2D eigenvalue weighted by Gasteiger charge is 2.36. The van der Waals surface area contributed by atoms with E-state index >= 15 is 0 Å². The number of hydrogen-bond acceptors (Lipinski definition) is 2. The Balaban J connectivity index is 2.18. The van der Waals surface area contributed by atoms with Crippen LogP contribution >= 0.6 is 11.6 Å². The zero-order valence-corrected chi connectivity index (χ0v) is 12.9. The summed E-state index contributed by atoms with van der Waals surface area (Å²) in [5.74, 6) is 0.105. The van der Waals surface area contributed by atoms with Gasteiger partial charge in [-0.25, -0.2) is 9.18 Å². The molecule has 0 radical (unpaired) electrons. The lowest BCUT2D eigenvalue weighted by molar-refractivity contribution is 0.156. The Hall–Kier alpha value is -1.33. The van der Waals surface area contributed by atoms with Gasteiger partial charge in [-0.05, 0) is 37.6 Å². The second-order valence-corrected chi connectivity index (χ2v) is 5.84. The van der Waals surface area contributed by atoms with E-state index in [2.05, 4.69) is 22.6 Å². The van der Waals surface area contributed by atoms with E-state index in [9.17, 15) is 9.18 Å². The summed E-state index contributed by atoms with van der Waals surface area (Å²) in [4.78, 5) is 14.3. The fourth-order valence-electron chi connectivity index (χ4n) is 2.68. The zero-order chi connectivity index (χ0) is 15.3. The van der Waals surface area contributed by atoms with Crippen molar-refractivity contribution in [2.75, 3.05) is 32.6 Å². The molecule has 1 aromatic carbocycles. The molecule has 1 heterocycles. The molecule has 4 nitrogen and oxygen atoms in total. The van der Waals surface area contributed by atoms with Crippen LogP contribution in [0.25, 0.3) is 0 Å². The first-order valence-corrected chi connectivity index (χ1v) is 7.66. The van der Waals surface area contributed by atoms with Crippen molar-refractivity contribution in [3.05, 3.63) is 35.6 Å². The molecule has 0 bridgehead atoms. The van der Waals surface area contributed by atoms with Gasteiger partial charge in [0.1, 0.15) is 5.82 Å². The van der Waals surface area contributed by atoms with Crippen molar-refractivity contribution in [2.24, 2.45) is 0 Å². The summed E-state index contributed by atoms with van der Waals surface area (Å²) in [5, 5.41) is 5.79. The Labute approximate surface area is 129 Å². The van der Waals surface area contributed by atoms with E-state index in [4.69, 9.17) is 11.6 Å². The number of carbonyl (C=O) groups excluding carboxylic acids is 1. The molecule has 21 heavy (non-hydrogen) atoms. The third-order valence-corrected chi connectivity index (χ3v) is 4.16. The zero-order valence-electron chi connectivity index (χ0n) is 12.2. The van der Waals surface area contributed by atoms with Gasteiger partial charge in [0.25, 0.3) is 0 Å². The molecule has 1 fully saturated rings. The molecule has 0 unspecified atom stereocenters. The number of nitrogens with one attached hydrogen (secondary N) is 2. The minimum absolute atomic E-state index is 0.232. The summed E-state index contributed by atoms with van der Waals surface area (Å²) in [6.45, 7) is 2.19. The molecular formula is C15H21ClFN3O. The standard InChI is InChI=1S/C15H21ClFN3O/c1-20-10-6-15(7-11-20,19-14(21)18-9-8-16)12-2-4-13(17)5-3-12/h2-5H,6-11H2,1H3,(H2,18,19,21). The number of halogens is 2. The van der Waals surface area contributed by atoms with Crippen LogP contribution in [0.5, 0.6) is 0 Å². The number of amides is 2. The molecule has 1 aliphatic heterocycles. The van der Waals surface area contributed by atoms with E-state index in [0.29, 0.717) is 12.4 Å². The first-order valence-electron chi connectivity index (χ1n) is 7.12. The van der Waals surface area contributed by atoms with Crippen LogP contribution in [0.1, 0.15) is 18.4 Å². The molecule has 0 aliphatic carbocycles. The number of nitrogens with zero attached hydrogens (tertiary/aromatic N) is 1. The monoisotopic (exact) mass is 313 g/mol. The maximum Gasteiger partial charge on any atom is 0.315 e. The third kappa shape index (κ3) is 4.08. The molecule has 2 amide bonds. The van der Waals surface area contributed by atoms with Gasteiger partial charge in [0.05, 0.1) is 5.54 Å². The largest absolute Gasteiger partial charge is 0.337 e. The van der Waals surface area contributed by atoms with E-state index in [1.807, 2.05) is 0 Å². The van der Waals surface area contributed by atoms with Gasteiger partial charge in [-0.15, -0.1) is 11.6 Å². The van der Waals surface area contributed by atoms with E-state index in [1.165, 1.54) is 12.1 Å². The smallest absolute Gasteiger partial charge is 0.315 e. The Morgan fingerprint density at radius 1 is 1.33 bits per heavy atom. The van der Waals surface area contributed by atoms with Crippen LogP contribution < -0.4 is 10.6 Å². The van der Waals surface area contributed by atoms with E-state index in [1.54, 1.807) is 12.1 Å². The van der Waals surface area contributed by atoms with Crippen LogP contribution in [0.4, 0.5) is 9.18 Å². The van der Waals surface area contributed by atoms with Crippen molar-refractivity contribution < 1.29 is 9.18 Å². The summed E-state index contributed by atoms with van der Waals surface area (Å²) < 4.78 is 13.1. The van der Waals surface area contributed by atoms with Crippen LogP contribution in [0, 0.1) is 5.82 Å². The van der Waals surface area contributed by atoms with Crippen LogP contribution in [0.15, 0.2) is 24.3 Å². The first-order chi connectivity index (χ1) is 10.1. The Morgan fingerprint density at radius 2 is 1.95 bits per heavy atom. The highest BCUT2D eigenvalue weighted by molar-refractivity contribution is 6.18. The first kappa shape index (κ1) is 16.0. The Morgan fingerprint density at radius 3 is 2.52 bits per heavy atom. The van der Waals surface area contributed by atoms with Crippen LogP contribution in [-0.2, 0) is 5.54 Å². The second kappa shape index (κ2) is 7.09. The molecule has 0 saturated carbocycles. The maximum absolute atomic E-state index is 13.1.